The van der Waals surface area contributed by atoms with E-state index < -0.39 is 4.92 Å². The molecule has 6 nitrogen and oxygen atoms in total. The summed E-state index contributed by atoms with van der Waals surface area (Å²) in [6.07, 6.45) is 0. The summed E-state index contributed by atoms with van der Waals surface area (Å²) in [7, 11) is 1.82. The average Bonchev–Trinajstić information content (AvgIpc) is 2.49. The molecule has 2 aromatic carbocycles. The zero-order valence-electron chi connectivity index (χ0n) is 12.6. The van der Waals surface area contributed by atoms with E-state index in [1.807, 2.05) is 7.05 Å². The lowest BCUT2D eigenvalue weighted by Crippen LogP contribution is -3.08. The maximum absolute atomic E-state index is 12.0. The summed E-state index contributed by atoms with van der Waals surface area (Å²) >= 11 is 5.79. The molecule has 0 saturated carbocycles. The third kappa shape index (κ3) is 5.05. The number of nitrogens with one attached hydrogen (secondary N) is 2. The van der Waals surface area contributed by atoms with Crippen molar-refractivity contribution in [1.29, 1.82) is 0 Å². The topological polar surface area (TPSA) is 76.7 Å². The number of quaternary nitrogens is 1. The molecular formula is C16H17ClN3O3+. The second-order valence-corrected chi connectivity index (χ2v) is 5.69. The van der Waals surface area contributed by atoms with Crippen molar-refractivity contribution in [1.82, 2.24) is 0 Å². The highest BCUT2D eigenvalue weighted by Crippen LogP contribution is 2.16. The van der Waals surface area contributed by atoms with Gasteiger partial charge in [-0.15, -0.1) is 0 Å². The smallest absolute Gasteiger partial charge is 0.279 e. The van der Waals surface area contributed by atoms with Gasteiger partial charge in [0.2, 0.25) is 0 Å². The first-order valence-corrected chi connectivity index (χ1v) is 7.42. The van der Waals surface area contributed by atoms with Crippen LogP contribution in [0.4, 0.5) is 11.4 Å². The molecule has 0 heterocycles. The monoisotopic (exact) mass is 334 g/mol. The van der Waals surface area contributed by atoms with Crippen molar-refractivity contribution in [3.05, 3.63) is 69.2 Å². The van der Waals surface area contributed by atoms with Crippen LogP contribution < -0.4 is 10.2 Å². The number of benzene rings is 2. The summed E-state index contributed by atoms with van der Waals surface area (Å²) in [5.74, 6) is -0.164. The Balaban J connectivity index is 1.94. The van der Waals surface area contributed by atoms with Gasteiger partial charge in [-0.2, -0.15) is 0 Å². The minimum atomic E-state index is -0.406. The van der Waals surface area contributed by atoms with Crippen molar-refractivity contribution in [3.8, 4) is 0 Å². The maximum atomic E-state index is 12.0. The molecule has 0 spiro atoms. The fraction of sp³-hybridized carbons (Fsp3) is 0.188. The van der Waals surface area contributed by atoms with Gasteiger partial charge in [-0.3, -0.25) is 14.9 Å². The van der Waals surface area contributed by atoms with E-state index in [-0.39, 0.29) is 18.1 Å². The predicted molar refractivity (Wildman–Crippen MR) is 88.6 cm³/mol. The van der Waals surface area contributed by atoms with Gasteiger partial charge >= 0.3 is 0 Å². The van der Waals surface area contributed by atoms with Gasteiger partial charge in [-0.25, -0.2) is 0 Å². The highest BCUT2D eigenvalue weighted by atomic mass is 35.5. The molecule has 120 valence electrons. The van der Waals surface area contributed by atoms with E-state index in [9.17, 15) is 14.9 Å². The Morgan fingerprint density at radius 1 is 1.22 bits per heavy atom. The number of carbonyl (C=O) groups excluding carboxylic acids is 1. The number of hydrogen-bond acceptors (Lipinski definition) is 3. The van der Waals surface area contributed by atoms with Crippen LogP contribution in [-0.2, 0) is 11.3 Å². The van der Waals surface area contributed by atoms with Gasteiger partial charge < -0.3 is 10.2 Å². The molecule has 1 amide bonds. The number of nitro benzene ring substituents is 1. The van der Waals surface area contributed by atoms with E-state index in [2.05, 4.69) is 5.32 Å². The lowest BCUT2D eigenvalue weighted by Gasteiger charge is -2.14. The minimum Gasteiger partial charge on any atom is -0.326 e. The van der Waals surface area contributed by atoms with E-state index in [0.29, 0.717) is 22.8 Å². The standard InChI is InChI=1S/C16H16ClN3O3/c1-19(10-12-4-2-3-5-15(12)20(22)23)11-16(21)18-14-8-6-13(17)7-9-14/h2-9H,10-11H2,1H3,(H,18,21)/p+1. The molecule has 0 saturated heterocycles. The van der Waals surface area contributed by atoms with Crippen molar-refractivity contribution < 1.29 is 14.6 Å². The Labute approximate surface area is 138 Å². The summed E-state index contributed by atoms with van der Waals surface area (Å²) in [5, 5.41) is 14.4. The zero-order valence-corrected chi connectivity index (χ0v) is 13.3. The SMILES string of the molecule is C[NH+](CC(=O)Nc1ccc(Cl)cc1)Cc1ccccc1[N+](=O)[O-]. The number of anilines is 1. The third-order valence-electron chi connectivity index (χ3n) is 3.27. The van der Waals surface area contributed by atoms with Crippen LogP contribution in [0, 0.1) is 10.1 Å². The summed E-state index contributed by atoms with van der Waals surface area (Å²) in [4.78, 5) is 23.5. The molecule has 0 aliphatic heterocycles. The molecule has 0 aliphatic carbocycles. The Kier molecular flexibility index (Phi) is 5.67. The Morgan fingerprint density at radius 2 is 1.87 bits per heavy atom. The normalized spacial score (nSPS) is 11.7. The van der Waals surface area contributed by atoms with E-state index >= 15 is 0 Å². The molecule has 0 aliphatic rings. The molecule has 0 bridgehead atoms. The summed E-state index contributed by atoms with van der Waals surface area (Å²) in [6, 6.07) is 13.4. The van der Waals surface area contributed by atoms with Gasteiger partial charge in [0.25, 0.3) is 11.6 Å². The van der Waals surface area contributed by atoms with Gasteiger partial charge in [-0.05, 0) is 30.3 Å². The molecule has 2 rings (SSSR count). The third-order valence-corrected chi connectivity index (χ3v) is 3.52. The number of amides is 1. The zero-order chi connectivity index (χ0) is 16.8. The number of likely N-dealkylation sites (N-methyl/N-ethyl adjacent to an activating group) is 1. The van der Waals surface area contributed by atoms with Gasteiger partial charge in [-0.1, -0.05) is 23.7 Å². The van der Waals surface area contributed by atoms with Crippen LogP contribution >= 0.6 is 11.6 Å². The van der Waals surface area contributed by atoms with E-state index in [0.717, 1.165) is 4.90 Å². The Bertz CT molecular complexity index is 704. The fourth-order valence-electron chi connectivity index (χ4n) is 2.24. The molecule has 2 N–H and O–H groups in total. The van der Waals surface area contributed by atoms with Crippen LogP contribution in [0.1, 0.15) is 5.56 Å². The molecule has 0 radical (unpaired) electrons. The maximum Gasteiger partial charge on any atom is 0.279 e. The van der Waals surface area contributed by atoms with Gasteiger partial charge in [0.05, 0.1) is 17.5 Å². The van der Waals surface area contributed by atoms with Crippen molar-refractivity contribution in [2.75, 3.05) is 18.9 Å². The van der Waals surface area contributed by atoms with Crippen LogP contribution in [0.15, 0.2) is 48.5 Å². The summed E-state index contributed by atoms with van der Waals surface area (Å²) in [5.41, 5.74) is 1.34. The predicted octanol–water partition coefficient (Wildman–Crippen LogP) is 1.90. The number of rotatable bonds is 6. The number of halogens is 1. The minimum absolute atomic E-state index is 0.0740. The fourth-order valence-corrected chi connectivity index (χ4v) is 2.36. The van der Waals surface area contributed by atoms with E-state index in [1.54, 1.807) is 42.5 Å². The summed E-state index contributed by atoms with van der Waals surface area (Å²) < 4.78 is 0. The lowest BCUT2D eigenvalue weighted by atomic mass is 10.1. The van der Waals surface area contributed by atoms with Crippen LogP contribution in [0.5, 0.6) is 0 Å². The van der Waals surface area contributed by atoms with Gasteiger partial charge in [0, 0.05) is 16.8 Å². The van der Waals surface area contributed by atoms with Gasteiger partial charge in [0.1, 0.15) is 6.54 Å². The van der Waals surface area contributed by atoms with E-state index in [4.69, 9.17) is 11.6 Å². The van der Waals surface area contributed by atoms with Crippen molar-refractivity contribution in [2.45, 2.75) is 6.54 Å². The average molecular weight is 335 g/mol. The molecule has 2 aromatic rings. The number of carbonyl (C=O) groups is 1. The molecule has 1 unspecified atom stereocenters. The first kappa shape index (κ1) is 16.9. The lowest BCUT2D eigenvalue weighted by molar-refractivity contribution is -0.885. The second kappa shape index (κ2) is 7.71. The van der Waals surface area contributed by atoms with Crippen molar-refractivity contribution in [2.24, 2.45) is 0 Å². The number of nitrogens with zero attached hydrogens (tertiary/aromatic N) is 1. The number of hydrogen-bond donors (Lipinski definition) is 2. The highest BCUT2D eigenvalue weighted by molar-refractivity contribution is 6.30. The molecule has 7 heteroatoms. The number of para-hydroxylation sites is 1. The molecule has 0 fully saturated rings. The molecule has 23 heavy (non-hydrogen) atoms. The van der Waals surface area contributed by atoms with Gasteiger partial charge in [0.15, 0.2) is 6.54 Å². The summed E-state index contributed by atoms with van der Waals surface area (Å²) in [6.45, 7) is 0.597. The molecule has 1 atom stereocenters. The van der Waals surface area contributed by atoms with Crippen molar-refractivity contribution in [3.63, 3.8) is 0 Å². The van der Waals surface area contributed by atoms with Crippen LogP contribution in [0.2, 0.25) is 5.02 Å². The molecule has 0 aromatic heterocycles. The highest BCUT2D eigenvalue weighted by Gasteiger charge is 2.17. The Hall–Kier alpha value is -2.44. The largest absolute Gasteiger partial charge is 0.326 e. The van der Waals surface area contributed by atoms with Crippen LogP contribution in [-0.4, -0.2) is 24.4 Å². The quantitative estimate of drug-likeness (QED) is 0.625. The van der Waals surface area contributed by atoms with Crippen LogP contribution in [0.3, 0.4) is 0 Å². The molecular weight excluding hydrogens is 318 g/mol. The Morgan fingerprint density at radius 3 is 2.52 bits per heavy atom. The number of nitro groups is 1. The van der Waals surface area contributed by atoms with E-state index in [1.165, 1.54) is 6.07 Å². The first-order chi connectivity index (χ1) is 11.0. The second-order valence-electron chi connectivity index (χ2n) is 5.25. The van der Waals surface area contributed by atoms with Crippen molar-refractivity contribution >= 4 is 28.9 Å². The first-order valence-electron chi connectivity index (χ1n) is 7.04. The van der Waals surface area contributed by atoms with Crippen LogP contribution in [0.25, 0.3) is 0 Å².